The molecule has 0 bridgehead atoms. The second-order valence-corrected chi connectivity index (χ2v) is 7.73. The summed E-state index contributed by atoms with van der Waals surface area (Å²) in [4.78, 5) is 0. The van der Waals surface area contributed by atoms with E-state index >= 15 is 0 Å². The molecular weight excluding hydrogens is 254 g/mol. The van der Waals surface area contributed by atoms with Crippen molar-refractivity contribution in [3.8, 4) is 0 Å². The zero-order valence-corrected chi connectivity index (χ0v) is 14.8. The standard InChI is InChI=1S/C20H33N/c1-7-11-21-19(17-9-8-10-20(17,5)6)18-15(3)12-14(2)13-16(18)4/h12-13,17,19,21H,7-11H2,1-6H3. The Balaban J connectivity index is 2.41. The van der Waals surface area contributed by atoms with Crippen LogP contribution in [0.3, 0.4) is 0 Å². The average molecular weight is 287 g/mol. The number of hydrogen-bond acceptors (Lipinski definition) is 1. The second kappa shape index (κ2) is 6.52. The molecule has 0 heterocycles. The molecule has 2 rings (SSSR count). The van der Waals surface area contributed by atoms with Crippen molar-refractivity contribution >= 4 is 0 Å². The van der Waals surface area contributed by atoms with E-state index in [1.165, 1.54) is 42.4 Å². The van der Waals surface area contributed by atoms with Crippen molar-refractivity contribution in [2.24, 2.45) is 11.3 Å². The van der Waals surface area contributed by atoms with E-state index in [4.69, 9.17) is 0 Å². The second-order valence-electron chi connectivity index (χ2n) is 7.73. The molecule has 0 saturated heterocycles. The lowest BCUT2D eigenvalue weighted by atomic mass is 9.74. The van der Waals surface area contributed by atoms with Crippen LogP contribution < -0.4 is 5.32 Å². The zero-order chi connectivity index (χ0) is 15.6. The third-order valence-corrected chi connectivity index (χ3v) is 5.41. The van der Waals surface area contributed by atoms with Crippen LogP contribution in [0, 0.1) is 32.1 Å². The van der Waals surface area contributed by atoms with Gasteiger partial charge in [-0.1, -0.05) is 44.9 Å². The van der Waals surface area contributed by atoms with Gasteiger partial charge in [-0.2, -0.15) is 0 Å². The van der Waals surface area contributed by atoms with Crippen molar-refractivity contribution in [3.63, 3.8) is 0 Å². The van der Waals surface area contributed by atoms with Crippen LogP contribution in [0.15, 0.2) is 12.1 Å². The highest BCUT2D eigenvalue weighted by Crippen LogP contribution is 2.49. The fraction of sp³-hybridized carbons (Fsp3) is 0.700. The van der Waals surface area contributed by atoms with E-state index in [1.54, 1.807) is 5.56 Å². The number of aryl methyl sites for hydroxylation is 3. The van der Waals surface area contributed by atoms with Crippen LogP contribution >= 0.6 is 0 Å². The quantitative estimate of drug-likeness (QED) is 0.756. The molecule has 1 nitrogen and oxygen atoms in total. The van der Waals surface area contributed by atoms with Crippen LogP contribution in [-0.2, 0) is 0 Å². The van der Waals surface area contributed by atoms with Gasteiger partial charge in [-0.15, -0.1) is 0 Å². The van der Waals surface area contributed by atoms with Crippen LogP contribution in [0.25, 0.3) is 0 Å². The summed E-state index contributed by atoms with van der Waals surface area (Å²) in [7, 11) is 0. The Morgan fingerprint density at radius 2 is 1.81 bits per heavy atom. The van der Waals surface area contributed by atoms with Gasteiger partial charge in [-0.25, -0.2) is 0 Å². The molecule has 0 amide bonds. The first kappa shape index (κ1) is 16.5. The predicted molar refractivity (Wildman–Crippen MR) is 92.8 cm³/mol. The van der Waals surface area contributed by atoms with E-state index in [0.717, 1.165) is 12.5 Å². The molecular formula is C20H33N. The Hall–Kier alpha value is -0.820. The third kappa shape index (κ3) is 3.51. The number of rotatable bonds is 5. The van der Waals surface area contributed by atoms with E-state index in [0.29, 0.717) is 11.5 Å². The van der Waals surface area contributed by atoms with Gasteiger partial charge in [0, 0.05) is 6.04 Å². The lowest BCUT2D eigenvalue weighted by Gasteiger charge is -2.37. The Labute approximate surface area is 131 Å². The smallest absolute Gasteiger partial charge is 0.0359 e. The molecule has 0 aliphatic heterocycles. The molecule has 0 aromatic heterocycles. The number of benzene rings is 1. The molecule has 0 radical (unpaired) electrons. The molecule has 1 aliphatic carbocycles. The van der Waals surface area contributed by atoms with Crippen molar-refractivity contribution < 1.29 is 0 Å². The van der Waals surface area contributed by atoms with Gasteiger partial charge in [0.2, 0.25) is 0 Å². The molecule has 1 aromatic carbocycles. The lowest BCUT2D eigenvalue weighted by molar-refractivity contribution is 0.197. The number of hydrogen-bond donors (Lipinski definition) is 1. The summed E-state index contributed by atoms with van der Waals surface area (Å²) >= 11 is 0. The van der Waals surface area contributed by atoms with Crippen LogP contribution in [0.5, 0.6) is 0 Å². The molecule has 2 unspecified atom stereocenters. The number of nitrogens with one attached hydrogen (secondary N) is 1. The fourth-order valence-corrected chi connectivity index (χ4v) is 4.40. The van der Waals surface area contributed by atoms with Crippen molar-refractivity contribution in [1.29, 1.82) is 0 Å². The minimum atomic E-state index is 0.454. The molecule has 1 aromatic rings. The lowest BCUT2D eigenvalue weighted by Crippen LogP contribution is -2.35. The summed E-state index contributed by atoms with van der Waals surface area (Å²) in [5.41, 5.74) is 6.32. The normalized spacial score (nSPS) is 22.5. The van der Waals surface area contributed by atoms with Gasteiger partial charge in [0.1, 0.15) is 0 Å². The van der Waals surface area contributed by atoms with Gasteiger partial charge in [0.05, 0.1) is 0 Å². The first-order chi connectivity index (χ1) is 9.86. The maximum atomic E-state index is 3.88. The van der Waals surface area contributed by atoms with Crippen molar-refractivity contribution in [1.82, 2.24) is 5.32 Å². The van der Waals surface area contributed by atoms with Crippen molar-refractivity contribution in [2.75, 3.05) is 6.54 Å². The highest BCUT2D eigenvalue weighted by atomic mass is 14.9. The van der Waals surface area contributed by atoms with Crippen molar-refractivity contribution in [3.05, 3.63) is 34.4 Å². The van der Waals surface area contributed by atoms with Crippen LogP contribution in [0.4, 0.5) is 0 Å². The van der Waals surface area contributed by atoms with E-state index in [1.807, 2.05) is 0 Å². The minimum absolute atomic E-state index is 0.454. The summed E-state index contributed by atoms with van der Waals surface area (Å²) in [5, 5.41) is 3.88. The van der Waals surface area contributed by atoms with Gasteiger partial charge in [0.15, 0.2) is 0 Å². The largest absolute Gasteiger partial charge is 0.310 e. The molecule has 1 aliphatic rings. The highest BCUT2D eigenvalue weighted by Gasteiger charge is 2.40. The molecule has 21 heavy (non-hydrogen) atoms. The Morgan fingerprint density at radius 1 is 1.19 bits per heavy atom. The maximum absolute atomic E-state index is 3.88. The molecule has 1 heteroatoms. The topological polar surface area (TPSA) is 12.0 Å². The maximum Gasteiger partial charge on any atom is 0.0359 e. The summed E-state index contributed by atoms with van der Waals surface area (Å²) < 4.78 is 0. The van der Waals surface area contributed by atoms with Gasteiger partial charge in [-0.3, -0.25) is 0 Å². The molecule has 1 fully saturated rings. The highest BCUT2D eigenvalue weighted by molar-refractivity contribution is 5.40. The van der Waals surface area contributed by atoms with E-state index in [2.05, 4.69) is 59.0 Å². The summed E-state index contributed by atoms with van der Waals surface area (Å²) in [6, 6.07) is 5.22. The van der Waals surface area contributed by atoms with Gasteiger partial charge in [0.25, 0.3) is 0 Å². The Bertz CT molecular complexity index is 464. The summed E-state index contributed by atoms with van der Waals surface area (Å²) in [6.07, 6.45) is 5.31. The predicted octanol–water partition coefficient (Wildman–Crippen LogP) is 5.48. The zero-order valence-electron chi connectivity index (χ0n) is 14.8. The summed E-state index contributed by atoms with van der Waals surface area (Å²) in [5.74, 6) is 0.754. The van der Waals surface area contributed by atoms with E-state index < -0.39 is 0 Å². The molecule has 118 valence electrons. The SMILES string of the molecule is CCCNC(c1c(C)cc(C)cc1C)C1CCCC1(C)C. The van der Waals surface area contributed by atoms with Gasteiger partial charge >= 0.3 is 0 Å². The monoisotopic (exact) mass is 287 g/mol. The van der Waals surface area contributed by atoms with Crippen LogP contribution in [0.1, 0.15) is 74.8 Å². The Morgan fingerprint density at radius 3 is 2.29 bits per heavy atom. The first-order valence-corrected chi connectivity index (χ1v) is 8.68. The Kier molecular flexibility index (Phi) is 5.14. The van der Waals surface area contributed by atoms with E-state index in [-0.39, 0.29) is 0 Å². The molecule has 1 saturated carbocycles. The van der Waals surface area contributed by atoms with E-state index in [9.17, 15) is 0 Å². The molecule has 1 N–H and O–H groups in total. The van der Waals surface area contributed by atoms with Crippen LogP contribution in [-0.4, -0.2) is 6.54 Å². The summed E-state index contributed by atoms with van der Waals surface area (Å²) in [6.45, 7) is 15.1. The van der Waals surface area contributed by atoms with Crippen molar-refractivity contribution in [2.45, 2.75) is 73.3 Å². The van der Waals surface area contributed by atoms with Crippen LogP contribution in [0.2, 0.25) is 0 Å². The average Bonchev–Trinajstić information content (AvgIpc) is 2.72. The van der Waals surface area contributed by atoms with Gasteiger partial charge < -0.3 is 5.32 Å². The van der Waals surface area contributed by atoms with Gasteiger partial charge in [-0.05, 0) is 74.6 Å². The minimum Gasteiger partial charge on any atom is -0.310 e. The first-order valence-electron chi connectivity index (χ1n) is 8.68. The fourth-order valence-electron chi connectivity index (χ4n) is 4.40. The third-order valence-electron chi connectivity index (χ3n) is 5.41. The molecule has 0 spiro atoms. The molecule has 2 atom stereocenters.